The Kier molecular flexibility index (Phi) is 7.88. The van der Waals surface area contributed by atoms with E-state index < -0.39 is 5.60 Å². The summed E-state index contributed by atoms with van der Waals surface area (Å²) in [5, 5.41) is 13.1. The maximum atomic E-state index is 13.0. The average molecular weight is 575 g/mol. The summed E-state index contributed by atoms with van der Waals surface area (Å²) in [6.45, 7) is 1.86. The lowest BCUT2D eigenvalue weighted by atomic mass is 9.82. The van der Waals surface area contributed by atoms with Crippen LogP contribution in [0.5, 0.6) is 0 Å². The number of piperidine rings is 1. The van der Waals surface area contributed by atoms with Gasteiger partial charge < -0.3 is 10.1 Å². The highest BCUT2D eigenvalue weighted by atomic mass is 35.5. The average Bonchev–Trinajstić information content (AvgIpc) is 3.60. The van der Waals surface area contributed by atoms with Crippen LogP contribution in [0.15, 0.2) is 66.7 Å². The number of likely N-dealkylation sites (tertiary alicyclic amines) is 1. The lowest BCUT2D eigenvalue weighted by molar-refractivity contribution is -0.136. The summed E-state index contributed by atoms with van der Waals surface area (Å²) in [4.78, 5) is 15.6. The summed E-state index contributed by atoms with van der Waals surface area (Å²) in [5.74, 6) is 1.52. The second kappa shape index (κ2) is 11.5. The second-order valence-electron chi connectivity index (χ2n) is 11.5. The largest absolute Gasteiger partial charge is 0.360 e. The van der Waals surface area contributed by atoms with Crippen LogP contribution in [0.1, 0.15) is 49.7 Å². The molecule has 0 spiro atoms. The first-order valence-corrected chi connectivity index (χ1v) is 14.9. The Morgan fingerprint density at radius 3 is 2.38 bits per heavy atom. The third kappa shape index (κ3) is 5.78. The van der Waals surface area contributed by atoms with Crippen LogP contribution in [0.3, 0.4) is 0 Å². The van der Waals surface area contributed by atoms with E-state index in [-0.39, 0.29) is 12.5 Å². The Labute approximate surface area is 246 Å². The van der Waals surface area contributed by atoms with Gasteiger partial charge in [0.1, 0.15) is 6.61 Å². The zero-order valence-corrected chi connectivity index (χ0v) is 23.9. The molecule has 7 heteroatoms. The highest BCUT2D eigenvalue weighted by Gasteiger charge is 2.45. The third-order valence-corrected chi connectivity index (χ3v) is 9.57. The van der Waals surface area contributed by atoms with E-state index >= 15 is 0 Å². The number of benzene rings is 3. The monoisotopic (exact) mass is 573 g/mol. The normalized spacial score (nSPS) is 23.6. The highest BCUT2D eigenvalue weighted by molar-refractivity contribution is 6.35. The molecular formula is C33H33Cl2N3O2. The number of carbonyl (C=O) groups excluding carboxylic acids is 1. The van der Waals surface area contributed by atoms with Crippen LogP contribution in [-0.4, -0.2) is 36.5 Å². The lowest BCUT2D eigenvalue weighted by Crippen LogP contribution is -2.50. The fraction of sp³-hybridized carbons (Fsp3) is 0.394. The molecule has 3 fully saturated rings. The second-order valence-corrected chi connectivity index (χ2v) is 12.4. The number of rotatable bonds is 7. The third-order valence-electron chi connectivity index (χ3n) is 9.14. The van der Waals surface area contributed by atoms with Gasteiger partial charge in [-0.05, 0) is 91.0 Å². The highest BCUT2D eigenvalue weighted by Crippen LogP contribution is 2.48. The van der Waals surface area contributed by atoms with E-state index in [9.17, 15) is 10.1 Å². The number of anilines is 1. The molecule has 1 amide bonds. The molecule has 3 aromatic rings. The number of hydrogen-bond acceptors (Lipinski definition) is 4. The number of halogens is 2. The lowest BCUT2D eigenvalue weighted by Gasteiger charge is -2.45. The molecule has 3 aromatic carbocycles. The van der Waals surface area contributed by atoms with Crippen molar-refractivity contribution in [1.82, 2.24) is 4.90 Å². The minimum atomic E-state index is -0.551. The van der Waals surface area contributed by atoms with Crippen molar-refractivity contribution in [3.05, 3.63) is 87.9 Å². The van der Waals surface area contributed by atoms with Gasteiger partial charge in [0.2, 0.25) is 5.91 Å². The minimum Gasteiger partial charge on any atom is -0.360 e. The van der Waals surface area contributed by atoms with E-state index in [2.05, 4.69) is 40.6 Å². The number of hydrogen-bond donors (Lipinski definition) is 1. The zero-order valence-electron chi connectivity index (χ0n) is 22.4. The van der Waals surface area contributed by atoms with Crippen molar-refractivity contribution >= 4 is 34.8 Å². The standard InChI is InChI=1S/C33H33Cl2N3O2/c34-28-17-29(35)19-30(18-28)37-32(39)21-40-33(10-12-38(13-11-33)31-16-22-4-5-26(31)14-22)27-8-6-24(7-9-27)25-3-1-2-23(15-25)20-36/h1-3,6-9,15,17-19,22,26,31H,4-5,10-14,16,21H2,(H,37,39)/t22-,26+,31?/m1/s1. The fourth-order valence-corrected chi connectivity index (χ4v) is 7.68. The molecule has 1 aliphatic heterocycles. The van der Waals surface area contributed by atoms with E-state index in [1.165, 1.54) is 25.7 Å². The van der Waals surface area contributed by atoms with Crippen LogP contribution in [0.4, 0.5) is 5.69 Å². The van der Waals surface area contributed by atoms with E-state index in [1.807, 2.05) is 24.3 Å². The van der Waals surface area contributed by atoms with E-state index in [4.69, 9.17) is 27.9 Å². The molecule has 3 atom stereocenters. The van der Waals surface area contributed by atoms with Crippen LogP contribution >= 0.6 is 23.2 Å². The summed E-state index contributed by atoms with van der Waals surface area (Å²) in [7, 11) is 0. The predicted molar refractivity (Wildman–Crippen MR) is 159 cm³/mol. The number of carbonyl (C=O) groups is 1. The fourth-order valence-electron chi connectivity index (χ4n) is 7.15. The molecule has 2 aliphatic carbocycles. The molecule has 2 saturated carbocycles. The number of fused-ring (bicyclic) bond motifs is 2. The van der Waals surface area contributed by atoms with Crippen molar-refractivity contribution in [3.8, 4) is 17.2 Å². The number of nitrogens with one attached hydrogen (secondary N) is 1. The Bertz CT molecular complexity index is 1410. The first-order valence-electron chi connectivity index (χ1n) is 14.2. The zero-order chi connectivity index (χ0) is 27.7. The van der Waals surface area contributed by atoms with Crippen LogP contribution in [0.2, 0.25) is 10.0 Å². The van der Waals surface area contributed by atoms with Gasteiger partial charge >= 0.3 is 0 Å². The molecule has 6 rings (SSSR count). The summed E-state index contributed by atoms with van der Waals surface area (Å²) >= 11 is 12.2. The molecule has 40 heavy (non-hydrogen) atoms. The minimum absolute atomic E-state index is 0.0653. The quantitative estimate of drug-likeness (QED) is 0.315. The molecule has 5 nitrogen and oxygen atoms in total. The molecular weight excluding hydrogens is 541 g/mol. The van der Waals surface area contributed by atoms with Crippen LogP contribution < -0.4 is 5.32 Å². The van der Waals surface area contributed by atoms with Gasteiger partial charge in [-0.3, -0.25) is 9.69 Å². The van der Waals surface area contributed by atoms with Gasteiger partial charge in [0, 0.05) is 34.9 Å². The van der Waals surface area contributed by atoms with Crippen molar-refractivity contribution in [2.24, 2.45) is 11.8 Å². The smallest absolute Gasteiger partial charge is 0.250 e. The molecule has 1 N–H and O–H groups in total. The maximum absolute atomic E-state index is 13.0. The van der Waals surface area contributed by atoms with Gasteiger partial charge in [-0.2, -0.15) is 5.26 Å². The van der Waals surface area contributed by atoms with Crippen molar-refractivity contribution in [2.45, 2.75) is 50.2 Å². The van der Waals surface area contributed by atoms with Crippen molar-refractivity contribution in [1.29, 1.82) is 5.26 Å². The first kappa shape index (κ1) is 27.3. The summed E-state index contributed by atoms with van der Waals surface area (Å²) < 4.78 is 6.56. The molecule has 0 radical (unpaired) electrons. The van der Waals surface area contributed by atoms with Gasteiger partial charge in [0.25, 0.3) is 0 Å². The molecule has 1 heterocycles. The molecule has 1 saturated heterocycles. The number of ether oxygens (including phenoxy) is 1. The van der Waals surface area contributed by atoms with Gasteiger partial charge in [0.05, 0.1) is 17.2 Å². The summed E-state index contributed by atoms with van der Waals surface area (Å²) in [6, 6.07) is 24.0. The molecule has 2 bridgehead atoms. The molecule has 0 aromatic heterocycles. The van der Waals surface area contributed by atoms with Crippen LogP contribution in [0.25, 0.3) is 11.1 Å². The maximum Gasteiger partial charge on any atom is 0.250 e. The molecule has 206 valence electrons. The topological polar surface area (TPSA) is 65.4 Å². The van der Waals surface area contributed by atoms with E-state index in [0.717, 1.165) is 54.5 Å². The Balaban J connectivity index is 1.20. The number of amides is 1. The van der Waals surface area contributed by atoms with Gasteiger partial charge in [-0.1, -0.05) is 66.0 Å². The van der Waals surface area contributed by atoms with Crippen LogP contribution in [0, 0.1) is 23.2 Å². The van der Waals surface area contributed by atoms with Gasteiger partial charge in [0.15, 0.2) is 0 Å². The number of nitrogens with zero attached hydrogens (tertiary/aromatic N) is 2. The van der Waals surface area contributed by atoms with Crippen molar-refractivity contribution < 1.29 is 9.53 Å². The predicted octanol–water partition coefficient (Wildman–Crippen LogP) is 7.67. The van der Waals surface area contributed by atoms with E-state index in [0.29, 0.717) is 27.3 Å². The summed E-state index contributed by atoms with van der Waals surface area (Å²) in [5.41, 5.74) is 3.78. The van der Waals surface area contributed by atoms with Crippen LogP contribution in [-0.2, 0) is 15.1 Å². The first-order chi connectivity index (χ1) is 19.4. The Hall–Kier alpha value is -2.88. The Morgan fingerprint density at radius 1 is 0.975 bits per heavy atom. The molecule has 1 unspecified atom stereocenters. The van der Waals surface area contributed by atoms with Gasteiger partial charge in [-0.15, -0.1) is 0 Å². The van der Waals surface area contributed by atoms with Crippen molar-refractivity contribution in [2.75, 3.05) is 25.0 Å². The number of nitriles is 1. The molecule has 3 aliphatic rings. The van der Waals surface area contributed by atoms with Gasteiger partial charge in [-0.25, -0.2) is 0 Å². The van der Waals surface area contributed by atoms with Crippen molar-refractivity contribution in [3.63, 3.8) is 0 Å². The summed E-state index contributed by atoms with van der Waals surface area (Å²) in [6.07, 6.45) is 7.17. The van der Waals surface area contributed by atoms with E-state index in [1.54, 1.807) is 18.2 Å². The Morgan fingerprint density at radius 2 is 1.73 bits per heavy atom. The SMILES string of the molecule is N#Cc1cccc(-c2ccc(C3(OCC(=O)Nc4cc(Cl)cc(Cl)c4)CCN(C4C[C@@H]5CC[C@H]4C5)CC3)cc2)c1.